The molecule has 21 heavy (non-hydrogen) atoms. The Bertz CT molecular complexity index is 526. The van der Waals surface area contributed by atoms with Crippen molar-refractivity contribution in [2.75, 3.05) is 38.1 Å². The quantitative estimate of drug-likeness (QED) is 0.872. The van der Waals surface area contributed by atoms with Crippen LogP contribution in [0, 0.1) is 5.41 Å². The van der Waals surface area contributed by atoms with Gasteiger partial charge in [0.05, 0.1) is 18.4 Å². The molecule has 0 saturated carbocycles. The molecule has 2 rings (SSSR count). The first-order valence-corrected chi connectivity index (χ1v) is 7.53. The van der Waals surface area contributed by atoms with E-state index in [4.69, 9.17) is 5.73 Å². The Balaban J connectivity index is 2.09. The number of rotatable bonds is 3. The molecule has 1 fully saturated rings. The van der Waals surface area contributed by atoms with Gasteiger partial charge in [0.25, 0.3) is 5.56 Å². The molecular weight excluding hydrogens is 266 g/mol. The predicted octanol–water partition coefficient (Wildman–Crippen LogP) is 0.369. The zero-order chi connectivity index (χ0) is 15.6. The van der Waals surface area contributed by atoms with Crippen LogP contribution in [0.5, 0.6) is 0 Å². The third kappa shape index (κ3) is 4.04. The van der Waals surface area contributed by atoms with Crippen LogP contribution in [-0.4, -0.2) is 53.9 Å². The minimum Gasteiger partial charge on any atom is -0.368 e. The van der Waals surface area contributed by atoms with Gasteiger partial charge in [0, 0.05) is 38.3 Å². The summed E-state index contributed by atoms with van der Waals surface area (Å²) in [4.78, 5) is 16.7. The topological polar surface area (TPSA) is 67.4 Å². The van der Waals surface area contributed by atoms with Gasteiger partial charge < -0.3 is 15.5 Å². The first-order chi connectivity index (χ1) is 9.77. The molecule has 0 aromatic carbocycles. The van der Waals surface area contributed by atoms with Crippen molar-refractivity contribution in [2.45, 2.75) is 33.4 Å². The van der Waals surface area contributed by atoms with Crippen LogP contribution < -0.4 is 16.2 Å². The minimum absolute atomic E-state index is 0.0444. The molecule has 1 saturated heterocycles. The summed E-state index contributed by atoms with van der Waals surface area (Å²) in [6, 6.07) is 1.57. The normalized spacial score (nSPS) is 18.8. The molecule has 0 aliphatic carbocycles. The van der Waals surface area contributed by atoms with Gasteiger partial charge in [0.1, 0.15) is 0 Å². The van der Waals surface area contributed by atoms with Crippen molar-refractivity contribution in [3.63, 3.8) is 0 Å². The van der Waals surface area contributed by atoms with Gasteiger partial charge in [-0.1, -0.05) is 20.8 Å². The Morgan fingerprint density at radius 3 is 2.43 bits per heavy atom. The van der Waals surface area contributed by atoms with Crippen molar-refractivity contribution in [2.24, 2.45) is 11.1 Å². The lowest BCUT2D eigenvalue weighted by molar-refractivity contribution is 0.279. The molecule has 0 bridgehead atoms. The molecule has 2 N–H and O–H groups in total. The maximum Gasteiger partial charge on any atom is 0.268 e. The van der Waals surface area contributed by atoms with E-state index in [1.165, 1.54) is 4.68 Å². The Hall–Kier alpha value is -1.40. The van der Waals surface area contributed by atoms with E-state index in [-0.39, 0.29) is 17.0 Å². The van der Waals surface area contributed by atoms with E-state index in [0.29, 0.717) is 6.54 Å². The SMILES string of the molecule is CN1CCN(c2cnn(CC(N)C(C)(C)C)c(=O)c2)CC1. The Morgan fingerprint density at radius 1 is 1.29 bits per heavy atom. The molecule has 1 unspecified atom stereocenters. The molecule has 118 valence electrons. The number of hydrogen-bond donors (Lipinski definition) is 1. The number of anilines is 1. The summed E-state index contributed by atoms with van der Waals surface area (Å²) in [6.07, 6.45) is 1.78. The van der Waals surface area contributed by atoms with E-state index < -0.39 is 0 Å². The second-order valence-corrected chi connectivity index (χ2v) is 7.00. The molecule has 6 nitrogen and oxygen atoms in total. The van der Waals surface area contributed by atoms with Gasteiger partial charge in [-0.2, -0.15) is 5.10 Å². The largest absolute Gasteiger partial charge is 0.368 e. The molecule has 1 aliphatic rings. The highest BCUT2D eigenvalue weighted by molar-refractivity contribution is 5.43. The smallest absolute Gasteiger partial charge is 0.268 e. The van der Waals surface area contributed by atoms with Gasteiger partial charge in [0.15, 0.2) is 0 Å². The van der Waals surface area contributed by atoms with Crippen molar-refractivity contribution in [1.29, 1.82) is 0 Å². The van der Waals surface area contributed by atoms with Crippen molar-refractivity contribution in [3.8, 4) is 0 Å². The molecule has 2 heterocycles. The summed E-state index contributed by atoms with van der Waals surface area (Å²) in [5.74, 6) is 0. The van der Waals surface area contributed by atoms with Crippen LogP contribution >= 0.6 is 0 Å². The summed E-state index contributed by atoms with van der Waals surface area (Å²) in [5.41, 5.74) is 6.92. The molecular formula is C15H27N5O. The zero-order valence-electron chi connectivity index (χ0n) is 13.5. The maximum atomic E-state index is 12.2. The van der Waals surface area contributed by atoms with Gasteiger partial charge in [0.2, 0.25) is 0 Å². The lowest BCUT2D eigenvalue weighted by Gasteiger charge is -2.33. The van der Waals surface area contributed by atoms with Gasteiger partial charge in [-0.3, -0.25) is 4.79 Å². The van der Waals surface area contributed by atoms with E-state index in [9.17, 15) is 4.79 Å². The van der Waals surface area contributed by atoms with Gasteiger partial charge in [-0.25, -0.2) is 4.68 Å². The van der Waals surface area contributed by atoms with Crippen LogP contribution in [0.1, 0.15) is 20.8 Å². The van der Waals surface area contributed by atoms with Crippen molar-refractivity contribution in [1.82, 2.24) is 14.7 Å². The first-order valence-electron chi connectivity index (χ1n) is 7.53. The molecule has 0 amide bonds. The van der Waals surface area contributed by atoms with Crippen LogP contribution in [0.15, 0.2) is 17.1 Å². The van der Waals surface area contributed by atoms with Crippen LogP contribution in [0.3, 0.4) is 0 Å². The third-order valence-electron chi connectivity index (χ3n) is 4.21. The van der Waals surface area contributed by atoms with Gasteiger partial charge in [-0.15, -0.1) is 0 Å². The summed E-state index contributed by atoms with van der Waals surface area (Å²) < 4.78 is 1.47. The van der Waals surface area contributed by atoms with E-state index in [0.717, 1.165) is 31.9 Å². The molecule has 1 aromatic rings. The second-order valence-electron chi connectivity index (χ2n) is 7.00. The highest BCUT2D eigenvalue weighted by atomic mass is 16.1. The third-order valence-corrected chi connectivity index (χ3v) is 4.21. The number of nitrogens with zero attached hydrogens (tertiary/aromatic N) is 4. The molecule has 6 heteroatoms. The van der Waals surface area contributed by atoms with Crippen LogP contribution in [0.2, 0.25) is 0 Å². The fourth-order valence-electron chi connectivity index (χ4n) is 2.26. The molecule has 1 aliphatic heterocycles. The molecule has 0 spiro atoms. The Morgan fingerprint density at radius 2 is 1.90 bits per heavy atom. The first kappa shape index (κ1) is 16.0. The molecule has 1 atom stereocenters. The standard InChI is InChI=1S/C15H27N5O/c1-15(2,3)13(16)11-20-14(21)9-12(10-17-20)19-7-5-18(4)6-8-19/h9-10,13H,5-8,11,16H2,1-4H3. The number of aromatic nitrogens is 2. The lowest BCUT2D eigenvalue weighted by Crippen LogP contribution is -2.45. The molecule has 1 aromatic heterocycles. The van der Waals surface area contributed by atoms with Gasteiger partial charge in [-0.05, 0) is 12.5 Å². The number of likely N-dealkylation sites (N-methyl/N-ethyl adjacent to an activating group) is 1. The maximum absolute atomic E-state index is 12.2. The van der Waals surface area contributed by atoms with E-state index in [1.54, 1.807) is 12.3 Å². The summed E-state index contributed by atoms with van der Waals surface area (Å²) in [7, 11) is 2.11. The highest BCUT2D eigenvalue weighted by Crippen LogP contribution is 2.18. The lowest BCUT2D eigenvalue weighted by atomic mass is 9.87. The summed E-state index contributed by atoms with van der Waals surface area (Å²) in [5, 5.41) is 4.29. The number of piperazine rings is 1. The van der Waals surface area contributed by atoms with Crippen molar-refractivity contribution >= 4 is 5.69 Å². The van der Waals surface area contributed by atoms with Crippen molar-refractivity contribution < 1.29 is 0 Å². The van der Waals surface area contributed by atoms with E-state index in [1.807, 2.05) is 0 Å². The highest BCUT2D eigenvalue weighted by Gasteiger charge is 2.22. The van der Waals surface area contributed by atoms with Crippen molar-refractivity contribution in [3.05, 3.63) is 22.6 Å². The number of hydrogen-bond acceptors (Lipinski definition) is 5. The number of nitrogens with two attached hydrogens (primary N) is 1. The van der Waals surface area contributed by atoms with Crippen LogP contribution in [0.4, 0.5) is 5.69 Å². The van der Waals surface area contributed by atoms with E-state index >= 15 is 0 Å². The monoisotopic (exact) mass is 293 g/mol. The predicted molar refractivity (Wildman–Crippen MR) is 85.6 cm³/mol. The zero-order valence-corrected chi connectivity index (χ0v) is 13.5. The second kappa shape index (κ2) is 6.15. The average Bonchev–Trinajstić information content (AvgIpc) is 2.41. The Kier molecular flexibility index (Phi) is 4.68. The van der Waals surface area contributed by atoms with E-state index in [2.05, 4.69) is 42.7 Å². The summed E-state index contributed by atoms with van der Waals surface area (Å²) >= 11 is 0. The fourth-order valence-corrected chi connectivity index (χ4v) is 2.26. The average molecular weight is 293 g/mol. The minimum atomic E-state index is -0.0998. The fraction of sp³-hybridized carbons (Fsp3) is 0.733. The summed E-state index contributed by atoms with van der Waals surface area (Å²) in [6.45, 7) is 10.6. The molecule has 0 radical (unpaired) electrons. The van der Waals surface area contributed by atoms with Crippen LogP contribution in [0.25, 0.3) is 0 Å². The Labute approximate surface area is 126 Å². The van der Waals surface area contributed by atoms with Crippen LogP contribution in [-0.2, 0) is 6.54 Å². The van der Waals surface area contributed by atoms with Gasteiger partial charge >= 0.3 is 0 Å².